The maximum atomic E-state index is 13.3. The highest BCUT2D eigenvalue weighted by molar-refractivity contribution is 6.04. The molecule has 5 heteroatoms. The van der Waals surface area contributed by atoms with Gasteiger partial charge < -0.3 is 4.74 Å². The smallest absolute Gasteiger partial charge is 0.204 e. The summed E-state index contributed by atoms with van der Waals surface area (Å²) in [5.41, 5.74) is 0.111. The van der Waals surface area contributed by atoms with Crippen molar-refractivity contribution in [2.24, 2.45) is 0 Å². The van der Waals surface area contributed by atoms with Crippen LogP contribution < -0.4 is 4.74 Å². The highest BCUT2D eigenvalue weighted by Crippen LogP contribution is 2.32. The van der Waals surface area contributed by atoms with E-state index in [1.54, 1.807) is 18.0 Å². The Bertz CT molecular complexity index is 439. The molecule has 0 saturated heterocycles. The first-order valence-electron chi connectivity index (χ1n) is 7.95. The SMILES string of the molecule is CCN(CC)C(CC)(CC)C(=O)c1c(OC)cnn1CC. The minimum atomic E-state index is -0.482. The minimum Gasteiger partial charge on any atom is -0.493 e. The number of aryl methyl sites for hydroxylation is 1. The molecule has 0 aliphatic heterocycles. The van der Waals surface area contributed by atoms with Crippen molar-refractivity contribution in [2.45, 2.75) is 59.5 Å². The molecule has 1 aromatic heterocycles. The molecule has 0 bridgehead atoms. The van der Waals surface area contributed by atoms with Gasteiger partial charge in [0.05, 0.1) is 18.8 Å². The Kier molecular flexibility index (Phi) is 6.40. The van der Waals surface area contributed by atoms with Crippen molar-refractivity contribution in [3.05, 3.63) is 11.9 Å². The molecular formula is C16H29N3O2. The van der Waals surface area contributed by atoms with Gasteiger partial charge in [-0.1, -0.05) is 27.7 Å². The van der Waals surface area contributed by atoms with Crippen LogP contribution in [0.3, 0.4) is 0 Å². The van der Waals surface area contributed by atoms with E-state index >= 15 is 0 Å². The van der Waals surface area contributed by atoms with Crippen LogP contribution in [0, 0.1) is 0 Å². The summed E-state index contributed by atoms with van der Waals surface area (Å²) >= 11 is 0. The summed E-state index contributed by atoms with van der Waals surface area (Å²) in [4.78, 5) is 15.6. The number of methoxy groups -OCH3 is 1. The van der Waals surface area contributed by atoms with Crippen LogP contribution in [0.2, 0.25) is 0 Å². The Morgan fingerprint density at radius 3 is 2.19 bits per heavy atom. The van der Waals surface area contributed by atoms with E-state index in [0.717, 1.165) is 25.9 Å². The summed E-state index contributed by atoms with van der Waals surface area (Å²) in [6.07, 6.45) is 3.19. The number of hydrogen-bond donors (Lipinski definition) is 0. The summed E-state index contributed by atoms with van der Waals surface area (Å²) in [5, 5.41) is 4.27. The molecule has 5 nitrogen and oxygen atoms in total. The highest BCUT2D eigenvalue weighted by atomic mass is 16.5. The maximum absolute atomic E-state index is 13.3. The molecule has 0 aliphatic carbocycles. The molecule has 0 amide bonds. The number of carbonyl (C=O) groups is 1. The van der Waals surface area contributed by atoms with Gasteiger partial charge in [0.1, 0.15) is 5.69 Å². The summed E-state index contributed by atoms with van der Waals surface area (Å²) in [6.45, 7) is 12.7. The number of ketones is 1. The Labute approximate surface area is 128 Å². The molecule has 21 heavy (non-hydrogen) atoms. The number of carbonyl (C=O) groups excluding carboxylic acids is 1. The van der Waals surface area contributed by atoms with Gasteiger partial charge >= 0.3 is 0 Å². The first kappa shape index (κ1) is 17.7. The summed E-state index contributed by atoms with van der Waals surface area (Å²) in [7, 11) is 1.59. The second-order valence-corrected chi connectivity index (χ2v) is 5.12. The molecule has 0 radical (unpaired) electrons. The Morgan fingerprint density at radius 1 is 1.24 bits per heavy atom. The largest absolute Gasteiger partial charge is 0.493 e. The Morgan fingerprint density at radius 2 is 1.81 bits per heavy atom. The number of likely N-dealkylation sites (N-methyl/N-ethyl adjacent to an activating group) is 1. The molecule has 0 atom stereocenters. The zero-order valence-electron chi connectivity index (χ0n) is 14.3. The van der Waals surface area contributed by atoms with Crippen LogP contribution in [0.1, 0.15) is 57.9 Å². The fourth-order valence-electron chi connectivity index (χ4n) is 3.20. The molecule has 0 N–H and O–H groups in total. The Hall–Kier alpha value is -1.36. The molecule has 0 aliphatic rings. The van der Waals surface area contributed by atoms with Gasteiger partial charge in [0, 0.05) is 6.54 Å². The summed E-state index contributed by atoms with van der Waals surface area (Å²) < 4.78 is 7.10. The number of rotatable bonds is 9. The molecule has 1 aromatic rings. The third kappa shape index (κ3) is 2.98. The zero-order chi connectivity index (χ0) is 16.0. The van der Waals surface area contributed by atoms with Crippen molar-refractivity contribution in [1.29, 1.82) is 0 Å². The molecule has 120 valence electrons. The van der Waals surface area contributed by atoms with Crippen molar-refractivity contribution < 1.29 is 9.53 Å². The number of hydrogen-bond acceptors (Lipinski definition) is 4. The normalized spacial score (nSPS) is 12.0. The van der Waals surface area contributed by atoms with Crippen LogP contribution in [0.25, 0.3) is 0 Å². The lowest BCUT2D eigenvalue weighted by atomic mass is 9.84. The maximum Gasteiger partial charge on any atom is 0.204 e. The van der Waals surface area contributed by atoms with E-state index < -0.39 is 5.54 Å². The predicted molar refractivity (Wildman–Crippen MR) is 85.0 cm³/mol. The fourth-order valence-corrected chi connectivity index (χ4v) is 3.20. The van der Waals surface area contributed by atoms with E-state index in [-0.39, 0.29) is 5.78 Å². The van der Waals surface area contributed by atoms with Crippen LogP contribution in [0.5, 0.6) is 5.75 Å². The first-order valence-corrected chi connectivity index (χ1v) is 7.95. The van der Waals surface area contributed by atoms with E-state index in [4.69, 9.17) is 4.74 Å². The standard InChI is InChI=1S/C16H29N3O2/c1-7-16(8-2,18(9-3)10-4)15(20)14-13(21-6)12-17-19(14)11-5/h12H,7-11H2,1-6H3. The number of Topliss-reactive ketones (excluding diaryl/α,β-unsaturated/α-hetero) is 1. The monoisotopic (exact) mass is 295 g/mol. The van der Waals surface area contributed by atoms with Gasteiger partial charge in [0.2, 0.25) is 5.78 Å². The van der Waals surface area contributed by atoms with Gasteiger partial charge in [-0.15, -0.1) is 0 Å². The zero-order valence-corrected chi connectivity index (χ0v) is 14.3. The van der Waals surface area contributed by atoms with Crippen LogP contribution in [-0.2, 0) is 6.54 Å². The molecule has 1 heterocycles. The van der Waals surface area contributed by atoms with E-state index in [0.29, 0.717) is 18.0 Å². The third-order valence-electron chi connectivity index (χ3n) is 4.50. The van der Waals surface area contributed by atoms with Gasteiger partial charge in [0.15, 0.2) is 5.75 Å². The summed E-state index contributed by atoms with van der Waals surface area (Å²) in [5.74, 6) is 0.688. The molecule has 0 unspecified atom stereocenters. The molecule has 0 aromatic carbocycles. The van der Waals surface area contributed by atoms with Gasteiger partial charge in [-0.2, -0.15) is 5.10 Å². The second kappa shape index (κ2) is 7.59. The van der Waals surface area contributed by atoms with Gasteiger partial charge in [-0.05, 0) is 32.9 Å². The number of aromatic nitrogens is 2. The van der Waals surface area contributed by atoms with Gasteiger partial charge in [-0.3, -0.25) is 14.4 Å². The van der Waals surface area contributed by atoms with Crippen molar-refractivity contribution in [3.63, 3.8) is 0 Å². The van der Waals surface area contributed by atoms with E-state index in [1.807, 2.05) is 6.92 Å². The van der Waals surface area contributed by atoms with Crippen molar-refractivity contribution >= 4 is 5.78 Å². The van der Waals surface area contributed by atoms with Crippen LogP contribution in [0.4, 0.5) is 0 Å². The van der Waals surface area contributed by atoms with Crippen LogP contribution in [0.15, 0.2) is 6.20 Å². The third-order valence-corrected chi connectivity index (χ3v) is 4.50. The Balaban J connectivity index is 3.39. The molecule has 0 saturated carbocycles. The number of nitrogens with zero attached hydrogens (tertiary/aromatic N) is 3. The topological polar surface area (TPSA) is 47.4 Å². The van der Waals surface area contributed by atoms with Gasteiger partial charge in [-0.25, -0.2) is 0 Å². The quantitative estimate of drug-likeness (QED) is 0.657. The predicted octanol–water partition coefficient (Wildman–Crippen LogP) is 2.99. The van der Waals surface area contributed by atoms with E-state index in [1.165, 1.54) is 0 Å². The van der Waals surface area contributed by atoms with Crippen LogP contribution >= 0.6 is 0 Å². The average Bonchev–Trinajstić information content (AvgIpc) is 2.94. The highest BCUT2D eigenvalue weighted by Gasteiger charge is 2.42. The molecule has 0 spiro atoms. The van der Waals surface area contributed by atoms with E-state index in [2.05, 4.69) is 37.7 Å². The minimum absolute atomic E-state index is 0.118. The first-order chi connectivity index (χ1) is 10.1. The van der Waals surface area contributed by atoms with Crippen LogP contribution in [-0.4, -0.2) is 46.2 Å². The molecule has 1 rings (SSSR count). The lowest BCUT2D eigenvalue weighted by molar-refractivity contribution is 0.0520. The molecular weight excluding hydrogens is 266 g/mol. The number of ether oxygens (including phenoxy) is 1. The fraction of sp³-hybridized carbons (Fsp3) is 0.750. The lowest BCUT2D eigenvalue weighted by Gasteiger charge is -2.40. The summed E-state index contributed by atoms with van der Waals surface area (Å²) in [6, 6.07) is 0. The lowest BCUT2D eigenvalue weighted by Crippen LogP contribution is -2.54. The van der Waals surface area contributed by atoms with Crippen molar-refractivity contribution in [1.82, 2.24) is 14.7 Å². The van der Waals surface area contributed by atoms with Crippen molar-refractivity contribution in [2.75, 3.05) is 20.2 Å². The second-order valence-electron chi connectivity index (χ2n) is 5.12. The van der Waals surface area contributed by atoms with E-state index in [9.17, 15) is 4.79 Å². The molecule has 0 fully saturated rings. The van der Waals surface area contributed by atoms with Crippen molar-refractivity contribution in [3.8, 4) is 5.75 Å². The average molecular weight is 295 g/mol. The van der Waals surface area contributed by atoms with Gasteiger partial charge in [0.25, 0.3) is 0 Å².